The van der Waals surface area contributed by atoms with Gasteiger partial charge in [-0.25, -0.2) is 0 Å². The molecule has 0 unspecified atom stereocenters. The SMILES string of the molecule is C[C@@H]1CCC[C@H](C)N1c1c(Cl)cc(N)cc1Br. The van der Waals surface area contributed by atoms with E-state index >= 15 is 0 Å². The van der Waals surface area contributed by atoms with Crippen molar-refractivity contribution >= 4 is 38.9 Å². The van der Waals surface area contributed by atoms with Gasteiger partial charge in [-0.2, -0.15) is 0 Å². The molecule has 0 spiro atoms. The first-order valence-corrected chi connectivity index (χ1v) is 7.20. The third-order valence-corrected chi connectivity index (χ3v) is 4.38. The van der Waals surface area contributed by atoms with E-state index < -0.39 is 0 Å². The first kappa shape index (κ1) is 13.0. The fourth-order valence-electron chi connectivity index (χ4n) is 2.69. The molecule has 1 aliphatic rings. The number of rotatable bonds is 1. The summed E-state index contributed by atoms with van der Waals surface area (Å²) in [6, 6.07) is 4.80. The van der Waals surface area contributed by atoms with Gasteiger partial charge in [0.05, 0.1) is 10.7 Å². The highest BCUT2D eigenvalue weighted by molar-refractivity contribution is 9.10. The molecule has 2 rings (SSSR count). The standard InChI is InChI=1S/C13H18BrClN2/c1-8-4-3-5-9(2)17(8)13-11(14)6-10(16)7-12(13)15/h6-9H,3-5,16H2,1-2H3/t8-,9+. The van der Waals surface area contributed by atoms with Gasteiger partial charge in [0.2, 0.25) is 0 Å². The molecule has 1 aliphatic heterocycles. The van der Waals surface area contributed by atoms with Crippen molar-refractivity contribution in [3.63, 3.8) is 0 Å². The van der Waals surface area contributed by atoms with E-state index in [0.29, 0.717) is 17.8 Å². The number of hydrogen-bond donors (Lipinski definition) is 1. The van der Waals surface area contributed by atoms with Crippen LogP contribution in [0.2, 0.25) is 5.02 Å². The van der Waals surface area contributed by atoms with Crippen LogP contribution >= 0.6 is 27.5 Å². The smallest absolute Gasteiger partial charge is 0.0706 e. The predicted molar refractivity (Wildman–Crippen MR) is 78.8 cm³/mol. The average Bonchev–Trinajstić information content (AvgIpc) is 2.21. The Hall–Kier alpha value is -0.410. The third kappa shape index (κ3) is 2.55. The van der Waals surface area contributed by atoms with Crippen LogP contribution in [0.4, 0.5) is 11.4 Å². The molecule has 0 saturated carbocycles. The van der Waals surface area contributed by atoms with Crippen molar-refractivity contribution in [1.82, 2.24) is 0 Å². The van der Waals surface area contributed by atoms with Crippen molar-refractivity contribution in [3.05, 3.63) is 21.6 Å². The Bertz CT molecular complexity index is 389. The lowest BCUT2D eigenvalue weighted by Gasteiger charge is -2.42. The summed E-state index contributed by atoms with van der Waals surface area (Å²) in [5.74, 6) is 0. The average molecular weight is 318 g/mol. The predicted octanol–water partition coefficient (Wildman–Crippen LogP) is 4.45. The number of halogens is 2. The molecular formula is C13H18BrClN2. The second kappa shape index (κ2) is 5.07. The highest BCUT2D eigenvalue weighted by Crippen LogP contribution is 2.40. The maximum Gasteiger partial charge on any atom is 0.0706 e. The summed E-state index contributed by atoms with van der Waals surface area (Å²) >= 11 is 9.93. The largest absolute Gasteiger partial charge is 0.399 e. The van der Waals surface area contributed by atoms with E-state index in [-0.39, 0.29) is 0 Å². The Balaban J connectivity index is 2.44. The summed E-state index contributed by atoms with van der Waals surface area (Å²) in [7, 11) is 0. The molecule has 0 aromatic heterocycles. The van der Waals surface area contributed by atoms with Gasteiger partial charge in [0.1, 0.15) is 0 Å². The summed E-state index contributed by atoms with van der Waals surface area (Å²) in [4.78, 5) is 2.41. The van der Waals surface area contributed by atoms with Gasteiger partial charge in [0, 0.05) is 22.2 Å². The van der Waals surface area contributed by atoms with E-state index in [0.717, 1.165) is 15.2 Å². The minimum Gasteiger partial charge on any atom is -0.399 e. The van der Waals surface area contributed by atoms with Crippen LogP contribution in [0.1, 0.15) is 33.1 Å². The lowest BCUT2D eigenvalue weighted by Crippen LogP contribution is -2.44. The number of piperidine rings is 1. The summed E-state index contributed by atoms with van der Waals surface area (Å²) < 4.78 is 0.989. The Kier molecular flexibility index (Phi) is 3.88. The van der Waals surface area contributed by atoms with Crippen LogP contribution in [-0.4, -0.2) is 12.1 Å². The molecule has 2 nitrogen and oxygen atoms in total. The molecule has 1 fully saturated rings. The lowest BCUT2D eigenvalue weighted by molar-refractivity contribution is 0.414. The van der Waals surface area contributed by atoms with E-state index in [9.17, 15) is 0 Å². The van der Waals surface area contributed by atoms with E-state index in [1.54, 1.807) is 0 Å². The highest BCUT2D eigenvalue weighted by atomic mass is 79.9. The van der Waals surface area contributed by atoms with E-state index in [2.05, 4.69) is 34.7 Å². The minimum absolute atomic E-state index is 0.524. The van der Waals surface area contributed by atoms with Gasteiger partial charge in [0.15, 0.2) is 0 Å². The Morgan fingerprint density at radius 1 is 1.29 bits per heavy atom. The molecule has 0 aliphatic carbocycles. The molecule has 4 heteroatoms. The van der Waals surface area contributed by atoms with Crippen molar-refractivity contribution in [3.8, 4) is 0 Å². The van der Waals surface area contributed by atoms with Crippen molar-refractivity contribution < 1.29 is 0 Å². The third-order valence-electron chi connectivity index (χ3n) is 3.49. The molecular weight excluding hydrogens is 300 g/mol. The van der Waals surface area contributed by atoms with Gasteiger partial charge >= 0.3 is 0 Å². The van der Waals surface area contributed by atoms with Gasteiger partial charge in [-0.05, 0) is 61.2 Å². The fourth-order valence-corrected chi connectivity index (χ4v) is 3.82. The molecule has 1 aromatic carbocycles. The summed E-state index contributed by atoms with van der Waals surface area (Å²) in [6.45, 7) is 4.52. The Morgan fingerprint density at radius 2 is 1.88 bits per heavy atom. The Morgan fingerprint density at radius 3 is 2.41 bits per heavy atom. The second-order valence-corrected chi connectivity index (χ2v) is 6.13. The van der Waals surface area contributed by atoms with Crippen LogP contribution in [-0.2, 0) is 0 Å². The van der Waals surface area contributed by atoms with Crippen LogP contribution in [0.15, 0.2) is 16.6 Å². The molecule has 17 heavy (non-hydrogen) atoms. The lowest BCUT2D eigenvalue weighted by atomic mass is 9.96. The molecule has 0 bridgehead atoms. The van der Waals surface area contributed by atoms with Crippen molar-refractivity contribution in [2.45, 2.75) is 45.2 Å². The first-order chi connectivity index (χ1) is 8.00. The monoisotopic (exact) mass is 316 g/mol. The zero-order valence-corrected chi connectivity index (χ0v) is 12.6. The van der Waals surface area contributed by atoms with Gasteiger partial charge in [-0.3, -0.25) is 0 Å². The summed E-state index contributed by atoms with van der Waals surface area (Å²) in [6.07, 6.45) is 3.73. The molecule has 1 saturated heterocycles. The molecule has 0 radical (unpaired) electrons. The van der Waals surface area contributed by atoms with Gasteiger partial charge in [0.25, 0.3) is 0 Å². The zero-order chi connectivity index (χ0) is 12.6. The number of nitrogens with zero attached hydrogens (tertiary/aromatic N) is 1. The van der Waals surface area contributed by atoms with E-state index in [1.807, 2.05) is 12.1 Å². The van der Waals surface area contributed by atoms with Crippen LogP contribution in [0, 0.1) is 0 Å². The van der Waals surface area contributed by atoms with Crippen molar-refractivity contribution in [2.75, 3.05) is 10.6 Å². The maximum absolute atomic E-state index is 6.35. The number of benzene rings is 1. The summed E-state index contributed by atoms with van der Waals surface area (Å²) in [5, 5.41) is 0.734. The molecule has 2 atom stereocenters. The van der Waals surface area contributed by atoms with Gasteiger partial charge in [-0.15, -0.1) is 0 Å². The fraction of sp³-hybridized carbons (Fsp3) is 0.538. The van der Waals surface area contributed by atoms with Crippen LogP contribution < -0.4 is 10.6 Å². The first-order valence-electron chi connectivity index (χ1n) is 6.03. The number of nitrogens with two attached hydrogens (primary N) is 1. The Labute approximate surface area is 116 Å². The van der Waals surface area contributed by atoms with E-state index in [4.69, 9.17) is 17.3 Å². The summed E-state index contributed by atoms with van der Waals surface area (Å²) in [5.41, 5.74) is 7.58. The molecule has 94 valence electrons. The molecule has 2 N–H and O–H groups in total. The maximum atomic E-state index is 6.35. The number of nitrogen functional groups attached to an aromatic ring is 1. The van der Waals surface area contributed by atoms with Crippen LogP contribution in [0.3, 0.4) is 0 Å². The quantitative estimate of drug-likeness (QED) is 0.775. The number of anilines is 2. The number of hydrogen-bond acceptors (Lipinski definition) is 2. The van der Waals surface area contributed by atoms with Crippen LogP contribution in [0.25, 0.3) is 0 Å². The topological polar surface area (TPSA) is 29.3 Å². The molecule has 1 aromatic rings. The van der Waals surface area contributed by atoms with Crippen LogP contribution in [0.5, 0.6) is 0 Å². The molecule has 0 amide bonds. The minimum atomic E-state index is 0.524. The van der Waals surface area contributed by atoms with Gasteiger partial charge in [-0.1, -0.05) is 11.6 Å². The zero-order valence-electron chi connectivity index (χ0n) is 10.2. The van der Waals surface area contributed by atoms with Crippen molar-refractivity contribution in [2.24, 2.45) is 0 Å². The second-order valence-electron chi connectivity index (χ2n) is 4.87. The van der Waals surface area contributed by atoms with E-state index in [1.165, 1.54) is 19.3 Å². The highest BCUT2D eigenvalue weighted by Gasteiger charge is 2.28. The van der Waals surface area contributed by atoms with Crippen molar-refractivity contribution in [1.29, 1.82) is 0 Å². The normalized spacial score (nSPS) is 25.1. The molecule has 1 heterocycles. The van der Waals surface area contributed by atoms with Gasteiger partial charge < -0.3 is 10.6 Å².